The average molecular weight is 340 g/mol. The second-order valence-electron chi connectivity index (χ2n) is 6.52. The fraction of sp³-hybridized carbons (Fsp3) is 0.733. The van der Waals surface area contributed by atoms with Gasteiger partial charge in [0, 0.05) is 24.5 Å². The summed E-state index contributed by atoms with van der Waals surface area (Å²) in [5.41, 5.74) is 0. The second kappa shape index (κ2) is 7.00. The summed E-state index contributed by atoms with van der Waals surface area (Å²) in [6.07, 6.45) is 7.57. The summed E-state index contributed by atoms with van der Waals surface area (Å²) < 4.78 is 24.8. The second-order valence-corrected chi connectivity index (χ2v) is 8.74. The van der Waals surface area contributed by atoms with E-state index in [1.54, 1.807) is 6.20 Å². The van der Waals surface area contributed by atoms with E-state index in [1.165, 1.54) is 6.42 Å². The first-order chi connectivity index (χ1) is 11.0. The number of sulfone groups is 1. The molecule has 0 radical (unpaired) electrons. The molecule has 23 heavy (non-hydrogen) atoms. The number of nitrogens with zero attached hydrogens (tertiary/aromatic N) is 3. The van der Waals surface area contributed by atoms with Gasteiger partial charge in [-0.2, -0.15) is 5.10 Å². The van der Waals surface area contributed by atoms with E-state index in [-0.39, 0.29) is 23.5 Å². The zero-order valence-electron chi connectivity index (χ0n) is 13.2. The predicted octanol–water partition coefficient (Wildman–Crippen LogP) is 0.0409. The van der Waals surface area contributed by atoms with Crippen molar-refractivity contribution in [2.24, 2.45) is 0 Å². The summed E-state index contributed by atoms with van der Waals surface area (Å²) in [4.78, 5) is 14.5. The number of carbonyl (C=O) groups excluding carboxylic acids is 1. The highest BCUT2D eigenvalue weighted by Gasteiger charge is 2.30. The number of amides is 1. The molecule has 1 aromatic rings. The first kappa shape index (κ1) is 16.4. The van der Waals surface area contributed by atoms with Crippen LogP contribution in [0.15, 0.2) is 18.5 Å². The maximum absolute atomic E-state index is 12.3. The fourth-order valence-electron chi connectivity index (χ4n) is 3.47. The SMILES string of the molecule is O=C(CN1CCCC[C@@H]1Cn1cccn1)N[C@@H]1CCS(=O)(=O)C1. The molecule has 2 atom stereocenters. The van der Waals surface area contributed by atoms with Gasteiger partial charge in [-0.25, -0.2) is 8.42 Å². The van der Waals surface area contributed by atoms with E-state index < -0.39 is 9.84 Å². The molecule has 3 rings (SSSR count). The van der Waals surface area contributed by atoms with Crippen LogP contribution < -0.4 is 5.32 Å². The van der Waals surface area contributed by atoms with Crippen LogP contribution in [0.1, 0.15) is 25.7 Å². The van der Waals surface area contributed by atoms with Crippen LogP contribution in [0.3, 0.4) is 0 Å². The molecule has 0 unspecified atom stereocenters. The smallest absolute Gasteiger partial charge is 0.234 e. The van der Waals surface area contributed by atoms with Gasteiger partial charge in [-0.05, 0) is 31.9 Å². The van der Waals surface area contributed by atoms with Crippen molar-refractivity contribution in [3.63, 3.8) is 0 Å². The van der Waals surface area contributed by atoms with Crippen molar-refractivity contribution in [3.8, 4) is 0 Å². The van der Waals surface area contributed by atoms with Crippen molar-refractivity contribution in [3.05, 3.63) is 18.5 Å². The fourth-order valence-corrected chi connectivity index (χ4v) is 5.14. The van der Waals surface area contributed by atoms with E-state index in [2.05, 4.69) is 15.3 Å². The normalized spacial score (nSPS) is 27.8. The van der Waals surface area contributed by atoms with Gasteiger partial charge in [-0.1, -0.05) is 6.42 Å². The molecule has 1 amide bonds. The minimum Gasteiger partial charge on any atom is -0.351 e. The molecule has 2 aliphatic rings. The zero-order valence-corrected chi connectivity index (χ0v) is 14.0. The molecule has 0 bridgehead atoms. The summed E-state index contributed by atoms with van der Waals surface area (Å²) in [5.74, 6) is 0.193. The van der Waals surface area contributed by atoms with Crippen molar-refractivity contribution in [1.29, 1.82) is 0 Å². The molecule has 2 aliphatic heterocycles. The van der Waals surface area contributed by atoms with Gasteiger partial charge < -0.3 is 5.32 Å². The largest absolute Gasteiger partial charge is 0.351 e. The van der Waals surface area contributed by atoms with E-state index >= 15 is 0 Å². The van der Waals surface area contributed by atoms with Crippen LogP contribution >= 0.6 is 0 Å². The Morgan fingerprint density at radius 3 is 2.87 bits per heavy atom. The van der Waals surface area contributed by atoms with Crippen LogP contribution in [0, 0.1) is 0 Å². The highest BCUT2D eigenvalue weighted by molar-refractivity contribution is 7.91. The number of nitrogens with one attached hydrogen (secondary N) is 1. The lowest BCUT2D eigenvalue weighted by atomic mass is 10.0. The van der Waals surface area contributed by atoms with Gasteiger partial charge in [0.05, 0.1) is 24.6 Å². The van der Waals surface area contributed by atoms with Gasteiger partial charge in [0.25, 0.3) is 0 Å². The molecule has 0 aromatic carbocycles. The van der Waals surface area contributed by atoms with Crippen LogP contribution in [-0.4, -0.2) is 65.7 Å². The lowest BCUT2D eigenvalue weighted by Crippen LogP contribution is -2.49. The molecule has 0 saturated carbocycles. The molecule has 128 valence electrons. The first-order valence-corrected chi connectivity index (χ1v) is 10.1. The summed E-state index contributed by atoms with van der Waals surface area (Å²) in [5, 5.41) is 7.12. The van der Waals surface area contributed by atoms with Crippen molar-refractivity contribution < 1.29 is 13.2 Å². The maximum Gasteiger partial charge on any atom is 0.234 e. The van der Waals surface area contributed by atoms with Crippen LogP contribution in [0.2, 0.25) is 0 Å². The third kappa shape index (κ3) is 4.54. The van der Waals surface area contributed by atoms with Crippen molar-refractivity contribution in [2.75, 3.05) is 24.6 Å². The van der Waals surface area contributed by atoms with Crippen molar-refractivity contribution >= 4 is 15.7 Å². The molecule has 0 aliphatic carbocycles. The monoisotopic (exact) mass is 340 g/mol. The molecule has 2 saturated heterocycles. The number of piperidine rings is 1. The third-order valence-electron chi connectivity index (χ3n) is 4.65. The highest BCUT2D eigenvalue weighted by Crippen LogP contribution is 2.18. The molecule has 3 heterocycles. The summed E-state index contributed by atoms with van der Waals surface area (Å²) >= 11 is 0. The molecule has 7 nitrogen and oxygen atoms in total. The summed E-state index contributed by atoms with van der Waals surface area (Å²) in [6.45, 7) is 2.03. The molecule has 1 N–H and O–H groups in total. The molecule has 0 spiro atoms. The van der Waals surface area contributed by atoms with Crippen molar-refractivity contribution in [1.82, 2.24) is 20.0 Å². The lowest BCUT2D eigenvalue weighted by Gasteiger charge is -2.35. The zero-order chi connectivity index (χ0) is 16.3. The first-order valence-electron chi connectivity index (χ1n) is 8.23. The Kier molecular flexibility index (Phi) is 5.01. The molecular formula is C15H24N4O3S. The quantitative estimate of drug-likeness (QED) is 0.818. The summed E-state index contributed by atoms with van der Waals surface area (Å²) in [7, 11) is -2.96. The Morgan fingerprint density at radius 1 is 1.30 bits per heavy atom. The van der Waals surface area contributed by atoms with Crippen LogP contribution in [0.5, 0.6) is 0 Å². The van der Waals surface area contributed by atoms with Gasteiger partial charge in [-0.3, -0.25) is 14.4 Å². The number of carbonyl (C=O) groups is 1. The average Bonchev–Trinajstić information content (AvgIpc) is 3.10. The lowest BCUT2D eigenvalue weighted by molar-refractivity contribution is -0.123. The minimum absolute atomic E-state index is 0.0699. The van der Waals surface area contributed by atoms with E-state index in [0.717, 1.165) is 25.9 Å². The summed E-state index contributed by atoms with van der Waals surface area (Å²) in [6, 6.07) is 1.99. The van der Waals surface area contributed by atoms with E-state index in [0.29, 0.717) is 19.0 Å². The van der Waals surface area contributed by atoms with Crippen molar-refractivity contribution in [2.45, 2.75) is 44.3 Å². The van der Waals surface area contributed by atoms with E-state index in [4.69, 9.17) is 0 Å². The van der Waals surface area contributed by atoms with Crippen LogP contribution in [0.4, 0.5) is 0 Å². The Balaban J connectivity index is 1.53. The number of likely N-dealkylation sites (tertiary alicyclic amines) is 1. The third-order valence-corrected chi connectivity index (χ3v) is 6.42. The number of hydrogen-bond acceptors (Lipinski definition) is 5. The van der Waals surface area contributed by atoms with Crippen LogP contribution in [-0.2, 0) is 21.2 Å². The maximum atomic E-state index is 12.3. The number of rotatable bonds is 5. The Morgan fingerprint density at radius 2 is 2.17 bits per heavy atom. The van der Waals surface area contributed by atoms with Gasteiger partial charge in [0.2, 0.25) is 5.91 Å². The predicted molar refractivity (Wildman–Crippen MR) is 86.6 cm³/mol. The van der Waals surface area contributed by atoms with Gasteiger partial charge >= 0.3 is 0 Å². The number of aromatic nitrogens is 2. The topological polar surface area (TPSA) is 84.3 Å². The molecule has 2 fully saturated rings. The van der Waals surface area contributed by atoms with E-state index in [9.17, 15) is 13.2 Å². The Hall–Kier alpha value is -1.41. The van der Waals surface area contributed by atoms with Crippen LogP contribution in [0.25, 0.3) is 0 Å². The number of hydrogen-bond donors (Lipinski definition) is 1. The molecule has 1 aromatic heterocycles. The minimum atomic E-state index is -2.96. The molecule has 8 heteroatoms. The van der Waals surface area contributed by atoms with Gasteiger partial charge in [-0.15, -0.1) is 0 Å². The standard InChI is InChI=1S/C15H24N4O3S/c20-15(17-13-5-9-23(21,22)12-13)11-18-7-2-1-4-14(18)10-19-8-3-6-16-19/h3,6,8,13-14H,1-2,4-5,7,9-12H2,(H,17,20)/t13-,14-/m1/s1. The van der Waals surface area contributed by atoms with E-state index in [1.807, 2.05) is 16.9 Å². The van der Waals surface area contributed by atoms with Gasteiger partial charge in [0.1, 0.15) is 0 Å². The Bertz CT molecular complexity index is 629. The molecular weight excluding hydrogens is 316 g/mol. The van der Waals surface area contributed by atoms with Gasteiger partial charge in [0.15, 0.2) is 9.84 Å². The Labute approximate surface area is 137 Å². The highest BCUT2D eigenvalue weighted by atomic mass is 32.2.